The Morgan fingerprint density at radius 1 is 1.18 bits per heavy atom. The van der Waals surface area contributed by atoms with Crippen LogP contribution in [0.5, 0.6) is 0 Å². The van der Waals surface area contributed by atoms with Crippen molar-refractivity contribution >= 4 is 0 Å². The molecule has 1 saturated heterocycles. The Labute approximate surface area is 92.2 Å². The molecule has 0 radical (unpaired) electrons. The summed E-state index contributed by atoms with van der Waals surface area (Å²) in [7, 11) is 0. The Morgan fingerprint density at radius 2 is 1.76 bits per heavy atom. The van der Waals surface area contributed by atoms with Crippen LogP contribution in [0.1, 0.15) is 19.3 Å². The van der Waals surface area contributed by atoms with Crippen LogP contribution in [-0.4, -0.2) is 23.6 Å². The zero-order chi connectivity index (χ0) is 13.3. The minimum Gasteiger partial charge on any atom is -0.504 e. The van der Waals surface area contributed by atoms with E-state index in [4.69, 9.17) is 5.11 Å². The molecular weight excluding hydrogens is 254 g/mol. The van der Waals surface area contributed by atoms with E-state index in [1.54, 1.807) is 0 Å². The third kappa shape index (κ3) is 6.11. The monoisotopic (exact) mass is 262 g/mol. The Kier molecular flexibility index (Phi) is 3.66. The largest absolute Gasteiger partial charge is 0.504 e. The molecule has 0 spiro atoms. The Morgan fingerprint density at radius 3 is 2.24 bits per heavy atom. The molecule has 0 aromatic carbocycles. The van der Waals surface area contributed by atoms with Crippen LogP contribution >= 0.6 is 0 Å². The summed E-state index contributed by atoms with van der Waals surface area (Å²) in [6.45, 7) is 0. The molecule has 1 aliphatic rings. The number of aliphatic hydroxyl groups excluding tert-OH is 1. The van der Waals surface area contributed by atoms with Crippen LogP contribution in [0.2, 0.25) is 0 Å². The number of hydrogen-bond acceptors (Lipinski definition) is 2. The third-order valence-electron chi connectivity index (χ3n) is 1.83. The van der Waals surface area contributed by atoms with Crippen molar-refractivity contribution in [3.63, 3.8) is 0 Å². The Balaban J connectivity index is 2.48. The fraction of sp³-hybridized carbons (Fsp3) is 0.667. The van der Waals surface area contributed by atoms with E-state index in [-0.39, 0.29) is 5.76 Å². The first-order valence-electron chi connectivity index (χ1n) is 4.55. The molecular formula is C9H8F6O2. The zero-order valence-electron chi connectivity index (χ0n) is 8.32. The lowest BCUT2D eigenvalue weighted by molar-refractivity contribution is -0.138. The quantitative estimate of drug-likeness (QED) is 0.365. The molecule has 0 amide bonds. The van der Waals surface area contributed by atoms with Crippen LogP contribution in [-0.2, 0) is 4.74 Å². The van der Waals surface area contributed by atoms with Gasteiger partial charge < -0.3 is 9.84 Å². The van der Waals surface area contributed by atoms with Crippen LogP contribution in [0.4, 0.5) is 26.3 Å². The average molecular weight is 262 g/mol. The van der Waals surface area contributed by atoms with Crippen molar-refractivity contribution in [1.29, 1.82) is 0 Å². The number of epoxide rings is 1. The van der Waals surface area contributed by atoms with E-state index in [0.717, 1.165) is 0 Å². The zero-order valence-corrected chi connectivity index (χ0v) is 8.32. The van der Waals surface area contributed by atoms with Crippen LogP contribution in [0, 0.1) is 0 Å². The summed E-state index contributed by atoms with van der Waals surface area (Å²) in [6, 6.07) is 0. The van der Waals surface area contributed by atoms with Crippen molar-refractivity contribution in [2.24, 2.45) is 0 Å². The molecule has 2 nitrogen and oxygen atoms in total. The first kappa shape index (κ1) is 13.8. The second-order valence-electron chi connectivity index (χ2n) is 3.48. The number of halogens is 6. The molecule has 98 valence electrons. The maximum absolute atomic E-state index is 11.8. The SMILES string of the molecule is OC(=C=C1OC1CC(F)(F)F)CCC(F)(F)F. The molecule has 1 atom stereocenters. The lowest BCUT2D eigenvalue weighted by atomic mass is 10.2. The molecule has 17 heavy (non-hydrogen) atoms. The van der Waals surface area contributed by atoms with Crippen molar-refractivity contribution in [3.8, 4) is 0 Å². The highest BCUT2D eigenvalue weighted by molar-refractivity contribution is 5.15. The molecule has 0 saturated carbocycles. The fourth-order valence-corrected chi connectivity index (χ4v) is 1.04. The Hall–Kier alpha value is -1.30. The predicted octanol–water partition coefficient (Wildman–Crippen LogP) is 3.60. The van der Waals surface area contributed by atoms with Gasteiger partial charge in [-0.1, -0.05) is 0 Å². The number of rotatable bonds is 3. The molecule has 0 aromatic heterocycles. The van der Waals surface area contributed by atoms with Gasteiger partial charge in [-0.15, -0.1) is 0 Å². The Bertz CT molecular complexity index is 345. The first-order valence-corrected chi connectivity index (χ1v) is 4.55. The van der Waals surface area contributed by atoms with Gasteiger partial charge in [-0.2, -0.15) is 26.3 Å². The van der Waals surface area contributed by atoms with Crippen LogP contribution in [0.15, 0.2) is 17.2 Å². The third-order valence-corrected chi connectivity index (χ3v) is 1.83. The van der Waals surface area contributed by atoms with Crippen molar-refractivity contribution in [3.05, 3.63) is 17.2 Å². The van der Waals surface area contributed by atoms with Crippen LogP contribution < -0.4 is 0 Å². The van der Waals surface area contributed by atoms with E-state index in [2.05, 4.69) is 4.74 Å². The van der Waals surface area contributed by atoms with Gasteiger partial charge >= 0.3 is 12.4 Å². The molecule has 1 N–H and O–H groups in total. The summed E-state index contributed by atoms with van der Waals surface area (Å²) in [6.07, 6.45) is -13.3. The number of ether oxygens (including phenoxy) is 1. The second-order valence-corrected chi connectivity index (χ2v) is 3.48. The highest BCUT2D eigenvalue weighted by atomic mass is 19.4. The summed E-state index contributed by atoms with van der Waals surface area (Å²) in [4.78, 5) is 0. The summed E-state index contributed by atoms with van der Waals surface area (Å²) < 4.78 is 75.1. The molecule has 1 fully saturated rings. The van der Waals surface area contributed by atoms with Gasteiger partial charge in [0.2, 0.25) is 0 Å². The molecule has 1 rings (SSSR count). The molecule has 1 unspecified atom stereocenters. The van der Waals surface area contributed by atoms with Gasteiger partial charge in [-0.3, -0.25) is 0 Å². The van der Waals surface area contributed by atoms with Crippen molar-refractivity contribution in [1.82, 2.24) is 0 Å². The van der Waals surface area contributed by atoms with E-state index >= 15 is 0 Å². The molecule has 0 bridgehead atoms. The molecule has 8 heteroatoms. The molecule has 1 heterocycles. The normalized spacial score (nSPS) is 19.6. The number of alkyl halides is 6. The van der Waals surface area contributed by atoms with Gasteiger partial charge in [0.1, 0.15) is 5.76 Å². The minimum absolute atomic E-state index is 0.262. The van der Waals surface area contributed by atoms with E-state index in [9.17, 15) is 26.3 Å². The van der Waals surface area contributed by atoms with Crippen molar-refractivity contribution in [2.45, 2.75) is 37.7 Å². The topological polar surface area (TPSA) is 32.8 Å². The van der Waals surface area contributed by atoms with Gasteiger partial charge in [0, 0.05) is 6.42 Å². The lowest BCUT2D eigenvalue weighted by Crippen LogP contribution is -2.10. The van der Waals surface area contributed by atoms with E-state index in [0.29, 0.717) is 0 Å². The minimum atomic E-state index is -4.43. The van der Waals surface area contributed by atoms with Gasteiger partial charge in [-0.05, 0) is 5.73 Å². The maximum atomic E-state index is 11.8. The maximum Gasteiger partial charge on any atom is 0.393 e. The average Bonchev–Trinajstić information content (AvgIpc) is 2.75. The van der Waals surface area contributed by atoms with Gasteiger partial charge in [0.15, 0.2) is 11.9 Å². The standard InChI is InChI=1S/C9H8F6O2/c10-8(11,12)2-1-5(16)3-6-7(17-6)4-9(13,14)15/h7,16H,1-2,4H2. The molecule has 1 aliphatic heterocycles. The number of aliphatic hydroxyl groups is 1. The number of hydrogen-bond donors (Lipinski definition) is 1. The van der Waals surface area contributed by atoms with Crippen LogP contribution in [0.25, 0.3) is 0 Å². The summed E-state index contributed by atoms with van der Waals surface area (Å²) in [5.74, 6) is -1.02. The second kappa shape index (κ2) is 4.52. The smallest absolute Gasteiger partial charge is 0.393 e. The fourth-order valence-electron chi connectivity index (χ4n) is 1.04. The lowest BCUT2D eigenvalue weighted by Gasteiger charge is -2.03. The summed E-state index contributed by atoms with van der Waals surface area (Å²) >= 11 is 0. The van der Waals surface area contributed by atoms with Crippen LogP contribution in [0.3, 0.4) is 0 Å². The van der Waals surface area contributed by atoms with Crippen molar-refractivity contribution in [2.75, 3.05) is 0 Å². The van der Waals surface area contributed by atoms with E-state index < -0.39 is 43.5 Å². The summed E-state index contributed by atoms with van der Waals surface area (Å²) in [5.41, 5.74) is 1.97. The predicted molar refractivity (Wildman–Crippen MR) is 44.0 cm³/mol. The van der Waals surface area contributed by atoms with E-state index in [1.165, 1.54) is 0 Å². The molecule has 0 aliphatic carbocycles. The van der Waals surface area contributed by atoms with Gasteiger partial charge in [0.05, 0.1) is 12.8 Å². The van der Waals surface area contributed by atoms with Gasteiger partial charge in [0.25, 0.3) is 0 Å². The summed E-state index contributed by atoms with van der Waals surface area (Å²) in [5, 5.41) is 8.96. The van der Waals surface area contributed by atoms with Crippen molar-refractivity contribution < 1.29 is 36.2 Å². The van der Waals surface area contributed by atoms with E-state index in [1.807, 2.05) is 5.73 Å². The molecule has 0 aromatic rings. The first-order chi connectivity index (χ1) is 7.57. The highest BCUT2D eigenvalue weighted by Gasteiger charge is 2.44. The highest BCUT2D eigenvalue weighted by Crippen LogP contribution is 2.36. The van der Waals surface area contributed by atoms with Gasteiger partial charge in [-0.25, -0.2) is 0 Å².